The molecule has 11 rings (SSSR count). The van der Waals surface area contributed by atoms with Crippen LogP contribution in [0.2, 0.25) is 0 Å². The smallest absolute Gasteiger partial charge is 0.0712 e. The first-order valence-electron chi connectivity index (χ1n) is 20.1. The summed E-state index contributed by atoms with van der Waals surface area (Å²) in [5.74, 6) is 0. The van der Waals surface area contributed by atoms with E-state index in [-0.39, 0.29) is 0 Å². The van der Waals surface area contributed by atoms with Crippen LogP contribution in [-0.2, 0) is 0 Å². The standard InChI is InChI=1S/C57H38N2/c1-2-52-56(57(58)39-19-5-3-6-20-39)51-36-41(32-34-53(51)59(52)42-23-7-4-8-24-42)40-31-33-49-50(35-40)55(46-30-16-22-38-18-10-12-26-44(38)46)48-28-14-13-27-47(48)54(49)45-29-15-21-37-17-9-11-25-43(37)45/h2-36,58H,1H2. The van der Waals surface area contributed by atoms with E-state index in [0.29, 0.717) is 5.71 Å². The largest absolute Gasteiger partial charge is 0.309 e. The summed E-state index contributed by atoms with van der Waals surface area (Å²) in [6, 6.07) is 73.9. The lowest BCUT2D eigenvalue weighted by Gasteiger charge is -2.20. The van der Waals surface area contributed by atoms with Crippen molar-refractivity contribution >= 4 is 65.8 Å². The summed E-state index contributed by atoms with van der Waals surface area (Å²) in [5, 5.41) is 20.4. The zero-order valence-corrected chi connectivity index (χ0v) is 32.4. The van der Waals surface area contributed by atoms with Crippen LogP contribution in [0.3, 0.4) is 0 Å². The fourth-order valence-corrected chi connectivity index (χ4v) is 9.38. The van der Waals surface area contributed by atoms with Crippen LogP contribution in [0.5, 0.6) is 0 Å². The number of hydrogen-bond acceptors (Lipinski definition) is 1. The number of hydrogen-bond donors (Lipinski definition) is 1. The van der Waals surface area contributed by atoms with Crippen LogP contribution in [0.25, 0.3) is 99.1 Å². The number of para-hydroxylation sites is 1. The van der Waals surface area contributed by atoms with Gasteiger partial charge in [0, 0.05) is 22.2 Å². The molecule has 0 aliphatic heterocycles. The molecule has 1 heterocycles. The van der Waals surface area contributed by atoms with Gasteiger partial charge in [0.25, 0.3) is 0 Å². The van der Waals surface area contributed by atoms with Gasteiger partial charge in [0.05, 0.1) is 16.9 Å². The molecule has 0 radical (unpaired) electrons. The van der Waals surface area contributed by atoms with Crippen molar-refractivity contribution < 1.29 is 0 Å². The first-order chi connectivity index (χ1) is 29.2. The number of benzene rings is 10. The Morgan fingerprint density at radius 3 is 1.51 bits per heavy atom. The minimum Gasteiger partial charge on any atom is -0.309 e. The molecule has 0 saturated carbocycles. The van der Waals surface area contributed by atoms with E-state index in [0.717, 1.165) is 44.5 Å². The summed E-state index contributed by atoms with van der Waals surface area (Å²) in [6.45, 7) is 4.28. The normalized spacial score (nSPS) is 11.5. The number of rotatable bonds is 7. The Bertz CT molecular complexity index is 3450. The molecule has 1 N–H and O–H groups in total. The van der Waals surface area contributed by atoms with Gasteiger partial charge in [-0.1, -0.05) is 183 Å². The average Bonchev–Trinajstić information content (AvgIpc) is 3.64. The quantitative estimate of drug-likeness (QED) is 0.124. The van der Waals surface area contributed by atoms with Crippen LogP contribution < -0.4 is 0 Å². The van der Waals surface area contributed by atoms with Gasteiger partial charge in [-0.3, -0.25) is 5.41 Å². The van der Waals surface area contributed by atoms with Crippen LogP contribution in [0.4, 0.5) is 0 Å². The summed E-state index contributed by atoms with van der Waals surface area (Å²) < 4.78 is 2.24. The number of aromatic nitrogens is 1. The third-order valence-electron chi connectivity index (χ3n) is 12.0. The van der Waals surface area contributed by atoms with E-state index in [4.69, 9.17) is 0 Å². The molecule has 0 saturated heterocycles. The zero-order chi connectivity index (χ0) is 39.5. The monoisotopic (exact) mass is 750 g/mol. The minimum atomic E-state index is 0.472. The maximum absolute atomic E-state index is 9.62. The Morgan fingerprint density at radius 1 is 0.424 bits per heavy atom. The highest BCUT2D eigenvalue weighted by molar-refractivity contribution is 6.26. The topological polar surface area (TPSA) is 28.8 Å². The van der Waals surface area contributed by atoms with Crippen molar-refractivity contribution in [2.45, 2.75) is 0 Å². The van der Waals surface area contributed by atoms with E-state index >= 15 is 0 Å². The first-order valence-corrected chi connectivity index (χ1v) is 20.1. The van der Waals surface area contributed by atoms with Gasteiger partial charge >= 0.3 is 0 Å². The van der Waals surface area contributed by atoms with E-state index < -0.39 is 0 Å². The van der Waals surface area contributed by atoms with Gasteiger partial charge < -0.3 is 4.57 Å². The molecule has 11 aromatic rings. The van der Waals surface area contributed by atoms with E-state index in [1.807, 2.05) is 42.5 Å². The molecule has 0 atom stereocenters. The molecule has 0 fully saturated rings. The predicted molar refractivity (Wildman–Crippen MR) is 252 cm³/mol. The van der Waals surface area contributed by atoms with Crippen molar-refractivity contribution in [3.8, 4) is 39.1 Å². The van der Waals surface area contributed by atoms with Crippen LogP contribution in [0.1, 0.15) is 16.8 Å². The van der Waals surface area contributed by atoms with E-state index in [1.54, 1.807) is 0 Å². The fourth-order valence-electron chi connectivity index (χ4n) is 9.38. The molecule has 0 spiro atoms. The van der Waals surface area contributed by atoms with Gasteiger partial charge in [0.15, 0.2) is 0 Å². The Hall–Kier alpha value is -7.81. The van der Waals surface area contributed by atoms with E-state index in [1.165, 1.54) is 65.3 Å². The van der Waals surface area contributed by atoms with Crippen molar-refractivity contribution in [2.75, 3.05) is 0 Å². The molecule has 0 aliphatic carbocycles. The van der Waals surface area contributed by atoms with Crippen molar-refractivity contribution in [2.24, 2.45) is 0 Å². The van der Waals surface area contributed by atoms with Gasteiger partial charge in [0.2, 0.25) is 0 Å². The third kappa shape index (κ3) is 5.53. The molecule has 1 aromatic heterocycles. The van der Waals surface area contributed by atoms with Crippen LogP contribution in [-0.4, -0.2) is 10.3 Å². The highest BCUT2D eigenvalue weighted by Gasteiger charge is 2.23. The number of nitrogens with one attached hydrogen (secondary N) is 1. The van der Waals surface area contributed by atoms with Gasteiger partial charge in [-0.05, 0) is 113 Å². The molecule has 0 aliphatic rings. The van der Waals surface area contributed by atoms with Crippen molar-refractivity contribution in [1.29, 1.82) is 5.41 Å². The molecule has 59 heavy (non-hydrogen) atoms. The SMILES string of the molecule is C=Cc1c(C(=N)c2ccccc2)c2cc(-c3ccc4c(-c5cccc6ccccc56)c5ccccc5c(-c5cccc6ccccc56)c4c3)ccc2n1-c1ccccc1. The highest BCUT2D eigenvalue weighted by Crippen LogP contribution is 2.48. The fraction of sp³-hybridized carbons (Fsp3) is 0. The lowest BCUT2D eigenvalue weighted by molar-refractivity contribution is 1.10. The highest BCUT2D eigenvalue weighted by atomic mass is 15.0. The molecule has 2 heteroatoms. The van der Waals surface area contributed by atoms with Crippen LogP contribution >= 0.6 is 0 Å². The number of fused-ring (bicyclic) bond motifs is 5. The third-order valence-corrected chi connectivity index (χ3v) is 12.0. The molecule has 0 amide bonds. The Morgan fingerprint density at radius 2 is 0.898 bits per heavy atom. The Kier molecular flexibility index (Phi) is 8.16. The van der Waals surface area contributed by atoms with E-state index in [2.05, 4.69) is 181 Å². The van der Waals surface area contributed by atoms with Crippen molar-refractivity contribution in [3.63, 3.8) is 0 Å². The van der Waals surface area contributed by atoms with Crippen molar-refractivity contribution in [1.82, 2.24) is 4.57 Å². The summed E-state index contributed by atoms with van der Waals surface area (Å²) in [7, 11) is 0. The summed E-state index contributed by atoms with van der Waals surface area (Å²) in [5.41, 5.74) is 12.3. The summed E-state index contributed by atoms with van der Waals surface area (Å²) in [6.07, 6.45) is 1.89. The number of nitrogens with zero attached hydrogens (tertiary/aromatic N) is 1. The Labute approximate surface area is 343 Å². The average molecular weight is 751 g/mol. The second kappa shape index (κ2) is 14.0. The van der Waals surface area contributed by atoms with Gasteiger partial charge in [0.1, 0.15) is 0 Å². The Balaban J connectivity index is 1.23. The molecule has 276 valence electrons. The van der Waals surface area contributed by atoms with Crippen LogP contribution in [0, 0.1) is 5.41 Å². The van der Waals surface area contributed by atoms with Crippen LogP contribution in [0.15, 0.2) is 213 Å². The molecular formula is C57H38N2. The summed E-state index contributed by atoms with van der Waals surface area (Å²) >= 11 is 0. The molecule has 2 nitrogen and oxygen atoms in total. The molecule has 10 aromatic carbocycles. The lowest BCUT2D eigenvalue weighted by atomic mass is 9.83. The van der Waals surface area contributed by atoms with Gasteiger partial charge in [-0.25, -0.2) is 0 Å². The van der Waals surface area contributed by atoms with Gasteiger partial charge in [-0.15, -0.1) is 0 Å². The molecular weight excluding hydrogens is 713 g/mol. The predicted octanol–water partition coefficient (Wildman–Crippen LogP) is 15.3. The minimum absolute atomic E-state index is 0.472. The maximum atomic E-state index is 9.62. The maximum Gasteiger partial charge on any atom is 0.0712 e. The van der Waals surface area contributed by atoms with Gasteiger partial charge in [-0.2, -0.15) is 0 Å². The lowest BCUT2D eigenvalue weighted by Crippen LogP contribution is -2.04. The second-order valence-corrected chi connectivity index (χ2v) is 15.2. The first kappa shape index (κ1) is 34.4. The van der Waals surface area contributed by atoms with E-state index in [9.17, 15) is 5.41 Å². The summed E-state index contributed by atoms with van der Waals surface area (Å²) in [4.78, 5) is 0. The second-order valence-electron chi connectivity index (χ2n) is 15.2. The zero-order valence-electron chi connectivity index (χ0n) is 32.4. The molecule has 0 bridgehead atoms. The molecule has 0 unspecified atom stereocenters. The van der Waals surface area contributed by atoms with Crippen molar-refractivity contribution in [3.05, 3.63) is 230 Å².